The second-order valence-corrected chi connectivity index (χ2v) is 6.33. The van der Waals surface area contributed by atoms with Crippen LogP contribution in [0.2, 0.25) is 5.02 Å². The number of carbonyl (C=O) groups excluding carboxylic acids is 2. The van der Waals surface area contributed by atoms with Gasteiger partial charge in [0, 0.05) is 38.4 Å². The normalized spacial score (nSPS) is 13.6. The zero-order valence-electron chi connectivity index (χ0n) is 14.0. The molecule has 0 aliphatic carbocycles. The Bertz CT molecular complexity index is 822. The highest BCUT2D eigenvalue weighted by Gasteiger charge is 2.22. The van der Waals surface area contributed by atoms with Crippen molar-refractivity contribution in [3.8, 4) is 0 Å². The van der Waals surface area contributed by atoms with Crippen LogP contribution >= 0.6 is 11.6 Å². The lowest BCUT2D eigenvalue weighted by Crippen LogP contribution is -2.28. The molecule has 0 saturated carbocycles. The molecule has 3 amide bonds. The van der Waals surface area contributed by atoms with E-state index in [0.717, 1.165) is 5.69 Å². The van der Waals surface area contributed by atoms with E-state index in [1.54, 1.807) is 41.3 Å². The highest BCUT2D eigenvalue weighted by molar-refractivity contribution is 6.34. The van der Waals surface area contributed by atoms with Crippen LogP contribution < -0.4 is 20.4 Å². The molecule has 0 bridgehead atoms. The Morgan fingerprint density at radius 3 is 2.68 bits per heavy atom. The van der Waals surface area contributed by atoms with Gasteiger partial charge in [-0.2, -0.15) is 0 Å². The summed E-state index contributed by atoms with van der Waals surface area (Å²) in [5, 5.41) is 6.20. The van der Waals surface area contributed by atoms with Crippen LogP contribution in [0.5, 0.6) is 0 Å². The molecule has 1 fully saturated rings. The maximum atomic E-state index is 12.7. The third-order valence-corrected chi connectivity index (χ3v) is 4.26. The van der Waals surface area contributed by atoms with Gasteiger partial charge >= 0.3 is 6.03 Å². The van der Waals surface area contributed by atoms with Crippen molar-refractivity contribution < 1.29 is 9.59 Å². The molecule has 2 aromatic carbocycles. The number of halogens is 1. The summed E-state index contributed by atoms with van der Waals surface area (Å²) in [6.45, 7) is 1.19. The van der Waals surface area contributed by atoms with Crippen LogP contribution in [0.3, 0.4) is 0 Å². The molecular weight excluding hydrogens is 340 g/mol. The minimum Gasteiger partial charge on any atom is -0.375 e. The van der Waals surface area contributed by atoms with E-state index in [-0.39, 0.29) is 11.9 Å². The first-order valence-electron chi connectivity index (χ1n) is 7.90. The van der Waals surface area contributed by atoms with Gasteiger partial charge in [-0.1, -0.05) is 23.7 Å². The van der Waals surface area contributed by atoms with Gasteiger partial charge in [0.25, 0.3) is 5.91 Å². The fourth-order valence-electron chi connectivity index (χ4n) is 2.80. The van der Waals surface area contributed by atoms with Crippen molar-refractivity contribution in [1.29, 1.82) is 0 Å². The number of rotatable bonds is 4. The van der Waals surface area contributed by atoms with Gasteiger partial charge in [-0.25, -0.2) is 4.79 Å². The average molecular weight is 359 g/mol. The lowest BCUT2D eigenvalue weighted by atomic mass is 10.1. The molecular formula is C18H19ClN4O2. The Balaban J connectivity index is 1.85. The molecule has 0 atom stereocenters. The molecule has 1 aliphatic rings. The molecule has 1 aliphatic heterocycles. The molecule has 3 rings (SSSR count). The number of nitrogens with one attached hydrogen (secondary N) is 2. The van der Waals surface area contributed by atoms with Crippen molar-refractivity contribution >= 4 is 40.6 Å². The van der Waals surface area contributed by atoms with E-state index in [0.29, 0.717) is 35.1 Å². The van der Waals surface area contributed by atoms with Gasteiger partial charge in [-0.05, 0) is 30.3 Å². The number of hydrogen-bond donors (Lipinski definition) is 2. The van der Waals surface area contributed by atoms with Crippen molar-refractivity contribution in [1.82, 2.24) is 5.32 Å². The van der Waals surface area contributed by atoms with E-state index in [9.17, 15) is 9.59 Å². The number of nitrogens with zero attached hydrogens (tertiary/aromatic N) is 2. The SMILES string of the molecule is CN(C)c1c(Cl)cccc1NC(=O)c1cccc(N2CCNC2=O)c1. The van der Waals surface area contributed by atoms with Gasteiger partial charge in [0.15, 0.2) is 0 Å². The summed E-state index contributed by atoms with van der Waals surface area (Å²) in [6.07, 6.45) is 0. The largest absolute Gasteiger partial charge is 0.375 e. The summed E-state index contributed by atoms with van der Waals surface area (Å²) in [6, 6.07) is 12.2. The molecule has 2 N–H and O–H groups in total. The van der Waals surface area contributed by atoms with Crippen LogP contribution in [0.1, 0.15) is 10.4 Å². The van der Waals surface area contributed by atoms with Crippen LogP contribution in [0.4, 0.5) is 21.9 Å². The lowest BCUT2D eigenvalue weighted by molar-refractivity contribution is 0.102. The first kappa shape index (κ1) is 17.1. The van der Waals surface area contributed by atoms with Crippen molar-refractivity contribution in [2.45, 2.75) is 0 Å². The zero-order valence-corrected chi connectivity index (χ0v) is 14.8. The predicted molar refractivity (Wildman–Crippen MR) is 101 cm³/mol. The summed E-state index contributed by atoms with van der Waals surface area (Å²) in [5.41, 5.74) is 2.54. The smallest absolute Gasteiger partial charge is 0.321 e. The van der Waals surface area contributed by atoms with Crippen LogP contribution in [0.15, 0.2) is 42.5 Å². The quantitative estimate of drug-likeness (QED) is 0.882. The zero-order chi connectivity index (χ0) is 18.0. The van der Waals surface area contributed by atoms with Crippen LogP contribution in [0.25, 0.3) is 0 Å². The van der Waals surface area contributed by atoms with E-state index >= 15 is 0 Å². The van der Waals surface area contributed by atoms with Crippen LogP contribution in [0, 0.1) is 0 Å². The van der Waals surface area contributed by atoms with Gasteiger partial charge in [-0.3, -0.25) is 9.69 Å². The molecule has 0 radical (unpaired) electrons. The number of amides is 3. The topological polar surface area (TPSA) is 64.7 Å². The summed E-state index contributed by atoms with van der Waals surface area (Å²) in [4.78, 5) is 27.9. The minimum atomic E-state index is -0.258. The third-order valence-electron chi connectivity index (χ3n) is 3.96. The van der Waals surface area contributed by atoms with Gasteiger partial charge < -0.3 is 15.5 Å². The molecule has 2 aromatic rings. The van der Waals surface area contributed by atoms with Gasteiger partial charge in [0.2, 0.25) is 0 Å². The van der Waals surface area contributed by atoms with Crippen molar-refractivity contribution in [3.63, 3.8) is 0 Å². The third kappa shape index (κ3) is 3.53. The van der Waals surface area contributed by atoms with Gasteiger partial charge in [0.05, 0.1) is 16.4 Å². The highest BCUT2D eigenvalue weighted by Crippen LogP contribution is 2.32. The van der Waals surface area contributed by atoms with Gasteiger partial charge in [-0.15, -0.1) is 0 Å². The lowest BCUT2D eigenvalue weighted by Gasteiger charge is -2.20. The van der Waals surface area contributed by atoms with Gasteiger partial charge in [0.1, 0.15) is 0 Å². The maximum Gasteiger partial charge on any atom is 0.321 e. The number of urea groups is 1. The van der Waals surface area contributed by atoms with E-state index in [2.05, 4.69) is 10.6 Å². The second-order valence-electron chi connectivity index (χ2n) is 5.92. The van der Waals surface area contributed by atoms with Crippen LogP contribution in [-0.4, -0.2) is 39.1 Å². The standard InChI is InChI=1S/C18H19ClN4O2/c1-22(2)16-14(19)7-4-8-15(16)21-17(24)12-5-3-6-13(11-12)23-10-9-20-18(23)25/h3-8,11H,9-10H2,1-2H3,(H,20,25)(H,21,24). The molecule has 0 aromatic heterocycles. The number of anilines is 3. The number of para-hydroxylation sites is 1. The number of hydrogen-bond acceptors (Lipinski definition) is 3. The molecule has 1 saturated heterocycles. The summed E-state index contributed by atoms with van der Waals surface area (Å²) in [7, 11) is 3.73. The van der Waals surface area contributed by atoms with Crippen molar-refractivity contribution in [3.05, 3.63) is 53.1 Å². The first-order chi connectivity index (χ1) is 12.0. The number of benzene rings is 2. The first-order valence-corrected chi connectivity index (χ1v) is 8.28. The summed E-state index contributed by atoms with van der Waals surface area (Å²) < 4.78 is 0. The minimum absolute atomic E-state index is 0.151. The van der Waals surface area contributed by atoms with E-state index < -0.39 is 0 Å². The van der Waals surface area contributed by atoms with Crippen LogP contribution in [-0.2, 0) is 0 Å². The Kier molecular flexibility index (Phi) is 4.81. The van der Waals surface area contributed by atoms with Crippen molar-refractivity contribution in [2.24, 2.45) is 0 Å². The maximum absolute atomic E-state index is 12.7. The summed E-state index contributed by atoms with van der Waals surface area (Å²) >= 11 is 6.24. The van der Waals surface area contributed by atoms with E-state index in [1.807, 2.05) is 25.1 Å². The fourth-order valence-corrected chi connectivity index (χ4v) is 3.14. The van der Waals surface area contributed by atoms with Crippen molar-refractivity contribution in [2.75, 3.05) is 42.3 Å². The monoisotopic (exact) mass is 358 g/mol. The second kappa shape index (κ2) is 7.03. The Hall–Kier alpha value is -2.73. The predicted octanol–water partition coefficient (Wildman–Crippen LogP) is 3.19. The Morgan fingerprint density at radius 2 is 2.00 bits per heavy atom. The summed E-state index contributed by atoms with van der Waals surface area (Å²) in [5.74, 6) is -0.258. The molecule has 6 nitrogen and oxygen atoms in total. The average Bonchev–Trinajstić information content (AvgIpc) is 3.00. The van der Waals surface area contributed by atoms with E-state index in [4.69, 9.17) is 11.6 Å². The fraction of sp³-hybridized carbons (Fsp3) is 0.222. The highest BCUT2D eigenvalue weighted by atomic mass is 35.5. The number of carbonyl (C=O) groups is 2. The van der Waals surface area contributed by atoms with E-state index in [1.165, 1.54) is 0 Å². The molecule has 7 heteroatoms. The molecule has 0 spiro atoms. The molecule has 25 heavy (non-hydrogen) atoms. The molecule has 0 unspecified atom stereocenters. The Morgan fingerprint density at radius 1 is 1.24 bits per heavy atom. The molecule has 130 valence electrons. The molecule has 1 heterocycles. The Labute approximate surface area is 151 Å².